The predicted octanol–water partition coefficient (Wildman–Crippen LogP) is 2.26. The van der Waals surface area contributed by atoms with Crippen LogP contribution >= 0.6 is 0 Å². The van der Waals surface area contributed by atoms with Crippen molar-refractivity contribution in [3.8, 4) is 0 Å². The van der Waals surface area contributed by atoms with Crippen molar-refractivity contribution < 1.29 is 8.78 Å². The second-order valence-corrected chi connectivity index (χ2v) is 2.50. The minimum Gasteiger partial charge on any atom is -0.207 e. The van der Waals surface area contributed by atoms with Crippen molar-refractivity contribution in [1.82, 2.24) is 0 Å². The van der Waals surface area contributed by atoms with Crippen LogP contribution in [0.15, 0.2) is 0 Å². The third-order valence-corrected chi connectivity index (χ3v) is 1.28. The Morgan fingerprint density at radius 1 is 1.50 bits per heavy atom. The highest BCUT2D eigenvalue weighted by Crippen LogP contribution is 2.38. The second kappa shape index (κ2) is 1.67. The molecule has 0 heterocycles. The number of halogens is 2. The zero-order chi connectivity index (χ0) is 6.20. The van der Waals surface area contributed by atoms with Crippen LogP contribution in [0.3, 0.4) is 0 Å². The predicted molar refractivity (Wildman–Crippen MR) is 27.6 cm³/mol. The third kappa shape index (κ3) is 2.24. The highest BCUT2D eigenvalue weighted by molar-refractivity contribution is 4.81. The van der Waals surface area contributed by atoms with Gasteiger partial charge in [-0.1, -0.05) is 0 Å². The zero-order valence-electron chi connectivity index (χ0n) is 4.66. The Hall–Kier alpha value is -0.140. The number of hydrogen-bond donors (Lipinski definition) is 0. The van der Waals surface area contributed by atoms with Crippen LogP contribution in [0.5, 0.6) is 0 Å². The molecule has 0 N–H and O–H groups in total. The van der Waals surface area contributed by atoms with E-state index in [1.165, 1.54) is 0 Å². The summed E-state index contributed by atoms with van der Waals surface area (Å²) in [5, 5.41) is 0. The summed E-state index contributed by atoms with van der Waals surface area (Å²) in [6, 6.07) is 0. The van der Waals surface area contributed by atoms with E-state index in [1.54, 1.807) is 0 Å². The molecule has 47 valence electrons. The van der Waals surface area contributed by atoms with Gasteiger partial charge in [0.05, 0.1) is 0 Å². The highest BCUT2D eigenvalue weighted by Gasteiger charge is 2.32. The number of alkyl halides is 2. The van der Waals surface area contributed by atoms with Gasteiger partial charge in [-0.2, -0.15) is 0 Å². The molecule has 0 bridgehead atoms. The molecule has 1 aliphatic carbocycles. The van der Waals surface area contributed by atoms with Crippen molar-refractivity contribution in [3.63, 3.8) is 0 Å². The van der Waals surface area contributed by atoms with E-state index in [2.05, 4.69) is 6.92 Å². The molecule has 0 aliphatic heterocycles. The lowest BCUT2D eigenvalue weighted by Gasteiger charge is -2.06. The fourth-order valence-corrected chi connectivity index (χ4v) is 0.744. The van der Waals surface area contributed by atoms with Crippen LogP contribution in [0, 0.1) is 12.8 Å². The largest absolute Gasteiger partial charge is 0.248 e. The van der Waals surface area contributed by atoms with Crippen LogP contribution in [-0.4, -0.2) is 5.92 Å². The lowest BCUT2D eigenvalue weighted by molar-refractivity contribution is 0.0363. The minimum atomic E-state index is -2.67. The molecule has 1 aliphatic rings. The molecule has 0 unspecified atom stereocenters. The molecular weight excluding hydrogens is 110 g/mol. The van der Waals surface area contributed by atoms with Crippen LogP contribution in [0.25, 0.3) is 0 Å². The lowest BCUT2D eigenvalue weighted by atomic mass is 10.2. The molecule has 0 saturated heterocycles. The monoisotopic (exact) mass is 119 g/mol. The fourth-order valence-electron chi connectivity index (χ4n) is 0.744. The molecule has 0 aromatic carbocycles. The van der Waals surface area contributed by atoms with Gasteiger partial charge in [0.1, 0.15) is 0 Å². The molecule has 0 nitrogen and oxygen atoms in total. The molecule has 1 rings (SSSR count). The van der Waals surface area contributed by atoms with Crippen molar-refractivity contribution in [2.75, 3.05) is 0 Å². The van der Waals surface area contributed by atoms with Crippen LogP contribution in [0.1, 0.15) is 19.3 Å². The summed E-state index contributed by atoms with van der Waals surface area (Å²) in [6.07, 6.45) is 1.95. The van der Waals surface area contributed by atoms with Crippen molar-refractivity contribution in [1.29, 1.82) is 0 Å². The summed E-state index contributed by atoms with van der Waals surface area (Å²) in [7, 11) is 0. The molecule has 8 heavy (non-hydrogen) atoms. The molecule has 0 spiro atoms. The van der Waals surface area contributed by atoms with Gasteiger partial charge in [0.2, 0.25) is 5.92 Å². The van der Waals surface area contributed by atoms with Crippen molar-refractivity contribution in [2.24, 2.45) is 5.92 Å². The topological polar surface area (TPSA) is 0 Å². The number of hydrogen-bond acceptors (Lipinski definition) is 0. The van der Waals surface area contributed by atoms with Crippen LogP contribution in [0.2, 0.25) is 0 Å². The zero-order valence-corrected chi connectivity index (χ0v) is 4.66. The van der Waals surface area contributed by atoms with Gasteiger partial charge >= 0.3 is 0 Å². The van der Waals surface area contributed by atoms with Gasteiger partial charge in [0, 0.05) is 13.3 Å². The standard InChI is InChI=1S/C6H9F2/c1-6(7,8)4-5-2-3-5/h5H,1-4H2. The van der Waals surface area contributed by atoms with E-state index in [0.717, 1.165) is 12.8 Å². The summed E-state index contributed by atoms with van der Waals surface area (Å²) in [4.78, 5) is 0. The van der Waals surface area contributed by atoms with Crippen LogP contribution < -0.4 is 0 Å². The Bertz CT molecular complexity index is 79.0. The first kappa shape index (κ1) is 5.99. The van der Waals surface area contributed by atoms with E-state index in [1.807, 2.05) is 0 Å². The maximum atomic E-state index is 11.9. The van der Waals surface area contributed by atoms with Crippen molar-refractivity contribution >= 4 is 0 Å². The molecule has 0 aromatic rings. The average molecular weight is 119 g/mol. The van der Waals surface area contributed by atoms with Crippen LogP contribution in [0.4, 0.5) is 8.78 Å². The van der Waals surface area contributed by atoms with Gasteiger partial charge in [-0.15, -0.1) is 0 Å². The maximum absolute atomic E-state index is 11.9. The highest BCUT2D eigenvalue weighted by atomic mass is 19.3. The van der Waals surface area contributed by atoms with E-state index in [-0.39, 0.29) is 12.3 Å². The van der Waals surface area contributed by atoms with Gasteiger partial charge in [0.15, 0.2) is 0 Å². The molecule has 1 radical (unpaired) electrons. The van der Waals surface area contributed by atoms with Gasteiger partial charge < -0.3 is 0 Å². The van der Waals surface area contributed by atoms with Crippen molar-refractivity contribution in [3.05, 3.63) is 6.92 Å². The number of rotatable bonds is 2. The summed E-state index contributed by atoms with van der Waals surface area (Å²) < 4.78 is 23.8. The molecule has 0 aromatic heterocycles. The maximum Gasteiger partial charge on any atom is 0.248 e. The van der Waals surface area contributed by atoms with E-state index in [4.69, 9.17) is 0 Å². The first-order valence-electron chi connectivity index (χ1n) is 2.81. The molecular formula is C6H9F2. The fraction of sp³-hybridized carbons (Fsp3) is 0.833. The Kier molecular flexibility index (Phi) is 1.25. The Morgan fingerprint density at radius 3 is 2.12 bits per heavy atom. The average Bonchev–Trinajstić information content (AvgIpc) is 2.12. The smallest absolute Gasteiger partial charge is 0.207 e. The van der Waals surface area contributed by atoms with Crippen LogP contribution in [-0.2, 0) is 0 Å². The summed E-state index contributed by atoms with van der Waals surface area (Å²) in [5.41, 5.74) is 0. The summed E-state index contributed by atoms with van der Waals surface area (Å²) >= 11 is 0. The summed E-state index contributed by atoms with van der Waals surface area (Å²) in [5.74, 6) is -2.39. The second-order valence-electron chi connectivity index (χ2n) is 2.50. The van der Waals surface area contributed by atoms with Gasteiger partial charge in [0.25, 0.3) is 0 Å². The van der Waals surface area contributed by atoms with E-state index in [9.17, 15) is 8.78 Å². The minimum absolute atomic E-state index is 0.00694. The quantitative estimate of drug-likeness (QED) is 0.523. The molecule has 1 saturated carbocycles. The van der Waals surface area contributed by atoms with E-state index < -0.39 is 5.92 Å². The molecule has 0 amide bonds. The first-order chi connectivity index (χ1) is 3.58. The van der Waals surface area contributed by atoms with Gasteiger partial charge in [-0.05, 0) is 18.8 Å². The van der Waals surface area contributed by atoms with E-state index in [0.29, 0.717) is 0 Å². The molecule has 1 fully saturated rings. The molecule has 2 heteroatoms. The Labute approximate surface area is 47.9 Å². The first-order valence-corrected chi connectivity index (χ1v) is 2.81. The Morgan fingerprint density at radius 2 is 2.00 bits per heavy atom. The summed E-state index contributed by atoms with van der Waals surface area (Å²) in [6.45, 7) is 2.72. The molecule has 0 atom stereocenters. The SMILES string of the molecule is [CH2]C(F)(F)CC1CC1. The normalized spacial score (nSPS) is 21.4. The van der Waals surface area contributed by atoms with Gasteiger partial charge in [-0.3, -0.25) is 0 Å². The Balaban J connectivity index is 2.16. The van der Waals surface area contributed by atoms with Crippen molar-refractivity contribution in [2.45, 2.75) is 25.2 Å². The van der Waals surface area contributed by atoms with E-state index >= 15 is 0 Å². The third-order valence-electron chi connectivity index (χ3n) is 1.28. The lowest BCUT2D eigenvalue weighted by Crippen LogP contribution is -2.10. The van der Waals surface area contributed by atoms with Gasteiger partial charge in [-0.25, -0.2) is 8.78 Å².